The van der Waals surface area contributed by atoms with E-state index in [2.05, 4.69) is 10.6 Å². The molecule has 17 heteroatoms. The number of piperidine rings is 1. The summed E-state index contributed by atoms with van der Waals surface area (Å²) < 4.78 is 13.4. The fraction of sp³-hybridized carbons (Fsp3) is 0.500. The highest BCUT2D eigenvalue weighted by atomic mass is 16.7. The monoisotopic (exact) mass is 928 g/mol. The number of amides is 3. The third-order valence-electron chi connectivity index (χ3n) is 12.1. The van der Waals surface area contributed by atoms with Gasteiger partial charge in [0.15, 0.2) is 30.5 Å². The normalized spacial score (nSPS) is 19.2. The van der Waals surface area contributed by atoms with Gasteiger partial charge in [-0.3, -0.25) is 28.8 Å². The molecule has 67 heavy (non-hydrogen) atoms. The van der Waals surface area contributed by atoms with Crippen molar-refractivity contribution in [3.05, 3.63) is 94.8 Å². The van der Waals surface area contributed by atoms with Gasteiger partial charge in [-0.05, 0) is 93.5 Å². The van der Waals surface area contributed by atoms with E-state index in [4.69, 9.17) is 20.3 Å². The van der Waals surface area contributed by atoms with Gasteiger partial charge in [0, 0.05) is 68.1 Å². The maximum atomic E-state index is 13.3. The number of ketones is 2. The quantitative estimate of drug-likeness (QED) is 0.0386. The number of ether oxygens (including phenoxy) is 2. The number of hydrogen-bond donors (Lipinski definition) is 7. The van der Waals surface area contributed by atoms with Gasteiger partial charge in [-0.1, -0.05) is 37.0 Å². The molecule has 2 saturated heterocycles. The van der Waals surface area contributed by atoms with Crippen molar-refractivity contribution < 1.29 is 63.2 Å². The third-order valence-corrected chi connectivity index (χ3v) is 12.1. The zero-order valence-electron chi connectivity index (χ0n) is 38.4. The number of hydrogen-bond acceptors (Lipinski definition) is 12. The predicted molar refractivity (Wildman–Crippen MR) is 248 cm³/mol. The number of anilines is 1. The summed E-state index contributed by atoms with van der Waals surface area (Å²) in [6.07, 6.45) is 6.90. The van der Waals surface area contributed by atoms with Crippen LogP contribution in [0.25, 0.3) is 6.08 Å². The second kappa shape index (κ2) is 25.9. The van der Waals surface area contributed by atoms with Gasteiger partial charge in [-0.25, -0.2) is 4.57 Å². The lowest BCUT2D eigenvalue weighted by Crippen LogP contribution is -2.54. The number of carbonyl (C=O) groups is 6. The molecule has 5 rings (SSSR count). The number of nitrogens with two attached hydrogens (primary N) is 1. The van der Waals surface area contributed by atoms with Gasteiger partial charge in [0.1, 0.15) is 24.1 Å². The Morgan fingerprint density at radius 2 is 1.67 bits per heavy atom. The Labute approximate surface area is 391 Å². The number of nitrogens with zero attached hydrogens (tertiary/aromatic N) is 2. The van der Waals surface area contributed by atoms with Crippen LogP contribution in [-0.4, -0.2) is 117 Å². The Hall–Kier alpha value is -5.85. The molecular formula is C50H66N5O12+. The SMILES string of the molecule is Cc1cccc(C(=O)N2CCC(CCCCCC(=O)/C=C/c3ccc[n+](Cc4cc(C)c(OC5OCC(O)[C@H](O)[C@@H]5O)c(NC(=O)CCCC(=O)C(CN)NC(=O)CCC(=O)O)c4)c3)CC2)c1. The highest BCUT2D eigenvalue weighted by Crippen LogP contribution is 2.34. The number of Topliss-reactive ketones (excluding diaryl/α,β-unsaturated/α-hetero) is 1. The van der Waals surface area contributed by atoms with Crippen LogP contribution in [0.4, 0.5) is 5.69 Å². The number of pyridine rings is 1. The number of rotatable bonds is 24. The number of carboxylic acids is 1. The number of aliphatic hydroxyl groups excluding tert-OH is 3. The molecule has 2 fully saturated rings. The van der Waals surface area contributed by atoms with Crippen molar-refractivity contribution >= 4 is 47.0 Å². The van der Waals surface area contributed by atoms with Crippen LogP contribution in [0, 0.1) is 19.8 Å². The van der Waals surface area contributed by atoms with E-state index in [1.165, 1.54) is 0 Å². The largest absolute Gasteiger partial charge is 0.481 e. The summed E-state index contributed by atoms with van der Waals surface area (Å²) in [5.74, 6) is -1.76. The first-order chi connectivity index (χ1) is 32.1. The smallest absolute Gasteiger partial charge is 0.303 e. The molecule has 0 radical (unpaired) electrons. The molecule has 0 spiro atoms. The summed E-state index contributed by atoms with van der Waals surface area (Å²) in [5, 5.41) is 44.9. The lowest BCUT2D eigenvalue weighted by atomic mass is 9.90. The summed E-state index contributed by atoms with van der Waals surface area (Å²) in [4.78, 5) is 76.7. The zero-order chi connectivity index (χ0) is 48.5. The first kappa shape index (κ1) is 52.1. The molecule has 2 aliphatic rings. The summed E-state index contributed by atoms with van der Waals surface area (Å²) in [6.45, 7) is 5.14. The molecule has 3 amide bonds. The topological polar surface area (TPSA) is 259 Å². The second-order valence-electron chi connectivity index (χ2n) is 17.6. The average Bonchev–Trinajstić information content (AvgIpc) is 3.30. The highest BCUT2D eigenvalue weighted by Gasteiger charge is 2.39. The van der Waals surface area contributed by atoms with Crippen molar-refractivity contribution in [2.45, 2.75) is 128 Å². The van der Waals surface area contributed by atoms with Crippen molar-refractivity contribution in [2.24, 2.45) is 11.7 Å². The summed E-state index contributed by atoms with van der Waals surface area (Å²) in [7, 11) is 0. The molecule has 362 valence electrons. The molecule has 3 heterocycles. The Bertz CT molecular complexity index is 2220. The van der Waals surface area contributed by atoms with Crippen molar-refractivity contribution in [1.29, 1.82) is 0 Å². The average molecular weight is 929 g/mol. The van der Waals surface area contributed by atoms with Crippen LogP contribution in [0.15, 0.2) is 67.0 Å². The molecule has 1 aromatic heterocycles. The number of carboxylic acid groups (broad SMARTS) is 1. The number of aliphatic carboxylic acids is 1. The Morgan fingerprint density at radius 3 is 2.40 bits per heavy atom. The van der Waals surface area contributed by atoms with Gasteiger partial charge in [0.2, 0.25) is 18.1 Å². The van der Waals surface area contributed by atoms with Crippen LogP contribution >= 0.6 is 0 Å². The Balaban J connectivity index is 1.13. The van der Waals surface area contributed by atoms with Crippen LogP contribution in [0.3, 0.4) is 0 Å². The van der Waals surface area contributed by atoms with Crippen LogP contribution in [-0.2, 0) is 35.3 Å². The lowest BCUT2D eigenvalue weighted by molar-refractivity contribution is -0.688. The molecule has 5 atom stereocenters. The highest BCUT2D eigenvalue weighted by molar-refractivity contribution is 5.95. The Kier molecular flexibility index (Phi) is 20.1. The lowest BCUT2D eigenvalue weighted by Gasteiger charge is -2.35. The van der Waals surface area contributed by atoms with E-state index in [0.29, 0.717) is 24.4 Å². The molecule has 3 aromatic rings. The van der Waals surface area contributed by atoms with Crippen molar-refractivity contribution in [2.75, 3.05) is 31.6 Å². The van der Waals surface area contributed by atoms with Gasteiger partial charge in [0.05, 0.1) is 24.8 Å². The molecule has 0 saturated carbocycles. The summed E-state index contributed by atoms with van der Waals surface area (Å²) in [5.41, 5.74) is 9.86. The molecular weight excluding hydrogens is 863 g/mol. The number of likely N-dealkylation sites (tertiary alicyclic amines) is 1. The minimum Gasteiger partial charge on any atom is -0.481 e. The number of unbranched alkanes of at least 4 members (excludes halogenated alkanes) is 2. The maximum absolute atomic E-state index is 13.3. The summed E-state index contributed by atoms with van der Waals surface area (Å²) >= 11 is 0. The first-order valence-corrected chi connectivity index (χ1v) is 23.2. The standard InChI is InChI=1S/C50H65N5O12/c1-32-9-6-12-37(25-32)49(65)55-23-20-34(21-24-55)10-4-3-5-13-38(56)17-16-35-11-8-22-54(29-35)30-36-26-33(2)48(67-50-47(64)46(63)42(58)31-66-50)39(27-36)52-43(59)15-7-14-41(57)40(28-51)53-44(60)18-19-45(61)62/h6,8-9,11-12,16-17,22,25-27,29,34,40,42,46-47,50,58,63-64H,3-5,7,10,13-15,18-21,23-24,28,30-31,51H2,1-2H3,(H2-,52,53,59,60,61,62)/p+1/b17-16+/t40?,42?,46-,47-,50?/m0/s1. The van der Waals surface area contributed by atoms with E-state index < -0.39 is 60.6 Å². The molecule has 8 N–H and O–H groups in total. The van der Waals surface area contributed by atoms with Crippen LogP contribution in [0.1, 0.15) is 110 Å². The number of benzene rings is 2. The molecule has 2 aromatic carbocycles. The second-order valence-corrected chi connectivity index (χ2v) is 17.6. The predicted octanol–water partition coefficient (Wildman–Crippen LogP) is 3.53. The van der Waals surface area contributed by atoms with E-state index in [1.807, 2.05) is 71.2 Å². The molecule has 17 nitrogen and oxygen atoms in total. The minimum absolute atomic E-state index is 0.0439. The van der Waals surface area contributed by atoms with Crippen LogP contribution in [0.5, 0.6) is 5.75 Å². The number of aromatic nitrogens is 1. The Morgan fingerprint density at radius 1 is 0.896 bits per heavy atom. The molecule has 0 aliphatic carbocycles. The molecule has 0 bridgehead atoms. The van der Waals surface area contributed by atoms with E-state index in [1.54, 1.807) is 25.1 Å². The fourth-order valence-electron chi connectivity index (χ4n) is 8.27. The number of aryl methyl sites for hydroxylation is 2. The van der Waals surface area contributed by atoms with Crippen LogP contribution < -0.4 is 25.7 Å². The van der Waals surface area contributed by atoms with Gasteiger partial charge in [-0.15, -0.1) is 0 Å². The van der Waals surface area contributed by atoms with Gasteiger partial charge < -0.3 is 51.2 Å². The zero-order valence-corrected chi connectivity index (χ0v) is 38.4. The van der Waals surface area contributed by atoms with E-state index in [-0.39, 0.29) is 62.0 Å². The summed E-state index contributed by atoms with van der Waals surface area (Å²) in [6, 6.07) is 14.0. The number of allylic oxidation sites excluding steroid dienone is 1. The number of carbonyl (C=O) groups excluding carboxylic acids is 5. The van der Waals surface area contributed by atoms with Crippen LogP contribution in [0.2, 0.25) is 0 Å². The minimum atomic E-state index is -1.60. The van der Waals surface area contributed by atoms with Crippen molar-refractivity contribution in [3.63, 3.8) is 0 Å². The van der Waals surface area contributed by atoms with Gasteiger partial charge in [0.25, 0.3) is 5.91 Å². The van der Waals surface area contributed by atoms with Crippen molar-refractivity contribution in [3.8, 4) is 5.75 Å². The first-order valence-electron chi connectivity index (χ1n) is 23.2. The van der Waals surface area contributed by atoms with E-state index in [9.17, 15) is 44.1 Å². The molecule has 2 aliphatic heterocycles. The molecule has 3 unspecified atom stereocenters. The maximum Gasteiger partial charge on any atom is 0.303 e. The number of aliphatic hydroxyl groups is 3. The van der Waals surface area contributed by atoms with Crippen molar-refractivity contribution in [1.82, 2.24) is 10.2 Å². The van der Waals surface area contributed by atoms with E-state index in [0.717, 1.165) is 73.9 Å². The third kappa shape index (κ3) is 16.5. The van der Waals surface area contributed by atoms with E-state index >= 15 is 0 Å². The number of nitrogens with one attached hydrogen (secondary N) is 2. The van der Waals surface area contributed by atoms with Gasteiger partial charge in [-0.2, -0.15) is 0 Å². The van der Waals surface area contributed by atoms with Gasteiger partial charge >= 0.3 is 5.97 Å². The fourth-order valence-corrected chi connectivity index (χ4v) is 8.27.